The van der Waals surface area contributed by atoms with Crippen LogP contribution < -0.4 is 5.73 Å². The van der Waals surface area contributed by atoms with Gasteiger partial charge in [-0.25, -0.2) is 0 Å². The lowest BCUT2D eigenvalue weighted by molar-refractivity contribution is 0.723. The molecule has 0 saturated carbocycles. The monoisotopic (exact) mass is 325 g/mol. The van der Waals surface area contributed by atoms with Crippen molar-refractivity contribution >= 4 is 26.7 Å². The minimum absolute atomic E-state index is 0.0328. The third-order valence-corrected chi connectivity index (χ3v) is 4.05. The predicted molar refractivity (Wildman–Crippen MR) is 88.7 cm³/mol. The molecule has 3 aromatic rings. The molecule has 1 atom stereocenters. The van der Waals surface area contributed by atoms with Crippen molar-refractivity contribution < 1.29 is 0 Å². The molecule has 0 aromatic heterocycles. The van der Waals surface area contributed by atoms with Crippen molar-refractivity contribution in [2.75, 3.05) is 0 Å². The van der Waals surface area contributed by atoms with Gasteiger partial charge in [0.25, 0.3) is 0 Å². The van der Waals surface area contributed by atoms with E-state index in [2.05, 4.69) is 76.6 Å². The lowest BCUT2D eigenvalue weighted by Gasteiger charge is -2.13. The molecule has 3 aromatic carbocycles. The molecule has 0 amide bonds. The molecule has 0 spiro atoms. The molecule has 0 saturated heterocycles. The standard InChI is InChI=1S/C18H16BrN/c19-17-9-8-14-11-16(7-6-15(14)12-17)18(20)10-13-4-2-1-3-5-13/h1-9,11-12,18H,10,20H2. The smallest absolute Gasteiger partial charge is 0.0335 e. The molecular weight excluding hydrogens is 310 g/mol. The summed E-state index contributed by atoms with van der Waals surface area (Å²) in [6.45, 7) is 0. The minimum Gasteiger partial charge on any atom is -0.324 e. The average Bonchev–Trinajstić information content (AvgIpc) is 2.47. The number of hydrogen-bond donors (Lipinski definition) is 1. The van der Waals surface area contributed by atoms with Crippen molar-refractivity contribution in [2.45, 2.75) is 12.5 Å². The van der Waals surface area contributed by atoms with Gasteiger partial charge in [0, 0.05) is 10.5 Å². The van der Waals surface area contributed by atoms with E-state index in [-0.39, 0.29) is 6.04 Å². The molecule has 2 heteroatoms. The fourth-order valence-corrected chi connectivity index (χ4v) is 2.83. The molecular formula is C18H16BrN. The van der Waals surface area contributed by atoms with Crippen LogP contribution in [0, 0.1) is 0 Å². The normalized spacial score (nSPS) is 12.5. The van der Waals surface area contributed by atoms with Gasteiger partial charge in [0.2, 0.25) is 0 Å². The minimum atomic E-state index is 0.0328. The third-order valence-electron chi connectivity index (χ3n) is 3.55. The molecule has 0 aliphatic heterocycles. The summed E-state index contributed by atoms with van der Waals surface area (Å²) in [6, 6.07) is 23.2. The van der Waals surface area contributed by atoms with Crippen LogP contribution in [-0.2, 0) is 6.42 Å². The quantitative estimate of drug-likeness (QED) is 0.732. The summed E-state index contributed by atoms with van der Waals surface area (Å²) in [5.74, 6) is 0. The SMILES string of the molecule is NC(Cc1ccccc1)c1ccc2cc(Br)ccc2c1. The van der Waals surface area contributed by atoms with Crippen molar-refractivity contribution in [3.63, 3.8) is 0 Å². The van der Waals surface area contributed by atoms with Crippen LogP contribution in [-0.4, -0.2) is 0 Å². The van der Waals surface area contributed by atoms with Gasteiger partial charge in [-0.1, -0.05) is 64.5 Å². The Morgan fingerprint density at radius 2 is 1.55 bits per heavy atom. The van der Waals surface area contributed by atoms with Gasteiger partial charge in [-0.15, -0.1) is 0 Å². The molecule has 0 radical (unpaired) electrons. The van der Waals surface area contributed by atoms with E-state index in [1.165, 1.54) is 21.9 Å². The second-order valence-corrected chi connectivity index (χ2v) is 5.96. The van der Waals surface area contributed by atoms with Crippen LogP contribution in [0.4, 0.5) is 0 Å². The first-order chi connectivity index (χ1) is 9.72. The van der Waals surface area contributed by atoms with Gasteiger partial charge < -0.3 is 5.73 Å². The van der Waals surface area contributed by atoms with Crippen molar-refractivity contribution in [3.8, 4) is 0 Å². The highest BCUT2D eigenvalue weighted by atomic mass is 79.9. The van der Waals surface area contributed by atoms with E-state index in [9.17, 15) is 0 Å². The summed E-state index contributed by atoms with van der Waals surface area (Å²) < 4.78 is 1.10. The summed E-state index contributed by atoms with van der Waals surface area (Å²) in [6.07, 6.45) is 0.864. The molecule has 20 heavy (non-hydrogen) atoms. The van der Waals surface area contributed by atoms with Crippen LogP contribution >= 0.6 is 15.9 Å². The van der Waals surface area contributed by atoms with Gasteiger partial charge in [-0.05, 0) is 46.5 Å². The van der Waals surface area contributed by atoms with Crippen molar-refractivity contribution in [1.82, 2.24) is 0 Å². The maximum Gasteiger partial charge on any atom is 0.0335 e. The maximum atomic E-state index is 6.34. The molecule has 0 bridgehead atoms. The average molecular weight is 326 g/mol. The lowest BCUT2D eigenvalue weighted by Crippen LogP contribution is -2.13. The Morgan fingerprint density at radius 1 is 0.850 bits per heavy atom. The molecule has 0 fully saturated rings. The van der Waals surface area contributed by atoms with E-state index < -0.39 is 0 Å². The molecule has 1 nitrogen and oxygen atoms in total. The second-order valence-electron chi connectivity index (χ2n) is 5.05. The second kappa shape index (κ2) is 5.78. The third kappa shape index (κ3) is 2.92. The highest BCUT2D eigenvalue weighted by Crippen LogP contribution is 2.24. The number of nitrogens with two attached hydrogens (primary N) is 1. The summed E-state index contributed by atoms with van der Waals surface area (Å²) in [7, 11) is 0. The summed E-state index contributed by atoms with van der Waals surface area (Å²) in [5.41, 5.74) is 8.80. The Morgan fingerprint density at radius 3 is 2.35 bits per heavy atom. The van der Waals surface area contributed by atoms with Gasteiger partial charge >= 0.3 is 0 Å². The topological polar surface area (TPSA) is 26.0 Å². The van der Waals surface area contributed by atoms with Crippen LogP contribution in [0.1, 0.15) is 17.2 Å². The van der Waals surface area contributed by atoms with Crippen LogP contribution in [0.25, 0.3) is 10.8 Å². The summed E-state index contributed by atoms with van der Waals surface area (Å²) in [5, 5.41) is 2.46. The van der Waals surface area contributed by atoms with Gasteiger partial charge in [0.05, 0.1) is 0 Å². The van der Waals surface area contributed by atoms with E-state index >= 15 is 0 Å². The highest BCUT2D eigenvalue weighted by Gasteiger charge is 2.07. The Bertz CT molecular complexity index is 722. The van der Waals surface area contributed by atoms with E-state index in [0.29, 0.717) is 0 Å². The molecule has 0 heterocycles. The number of fused-ring (bicyclic) bond motifs is 1. The Kier molecular flexibility index (Phi) is 3.86. The fourth-order valence-electron chi connectivity index (χ4n) is 2.45. The Labute approximate surface area is 127 Å². The van der Waals surface area contributed by atoms with E-state index in [4.69, 9.17) is 5.73 Å². The summed E-state index contributed by atoms with van der Waals surface area (Å²) in [4.78, 5) is 0. The van der Waals surface area contributed by atoms with Gasteiger partial charge in [-0.2, -0.15) is 0 Å². The number of halogens is 1. The molecule has 2 N–H and O–H groups in total. The van der Waals surface area contributed by atoms with Crippen molar-refractivity contribution in [2.24, 2.45) is 5.73 Å². The zero-order chi connectivity index (χ0) is 13.9. The van der Waals surface area contributed by atoms with E-state index in [0.717, 1.165) is 10.9 Å². The van der Waals surface area contributed by atoms with Crippen molar-refractivity contribution in [1.29, 1.82) is 0 Å². The predicted octanol–water partition coefficient (Wildman–Crippen LogP) is 4.84. The first-order valence-corrected chi connectivity index (χ1v) is 7.50. The zero-order valence-electron chi connectivity index (χ0n) is 11.1. The molecule has 1 unspecified atom stereocenters. The molecule has 3 rings (SSSR count). The van der Waals surface area contributed by atoms with Gasteiger partial charge in [0.1, 0.15) is 0 Å². The zero-order valence-corrected chi connectivity index (χ0v) is 12.7. The Hall–Kier alpha value is -1.64. The van der Waals surface area contributed by atoms with Crippen molar-refractivity contribution in [3.05, 3.63) is 82.3 Å². The van der Waals surface area contributed by atoms with Gasteiger partial charge in [-0.3, -0.25) is 0 Å². The Balaban J connectivity index is 1.88. The van der Waals surface area contributed by atoms with E-state index in [1.54, 1.807) is 0 Å². The fraction of sp³-hybridized carbons (Fsp3) is 0.111. The molecule has 0 aliphatic carbocycles. The van der Waals surface area contributed by atoms with Crippen LogP contribution in [0.3, 0.4) is 0 Å². The van der Waals surface area contributed by atoms with Crippen LogP contribution in [0.15, 0.2) is 71.2 Å². The largest absolute Gasteiger partial charge is 0.324 e. The summed E-state index contributed by atoms with van der Waals surface area (Å²) >= 11 is 3.50. The number of rotatable bonds is 3. The first-order valence-electron chi connectivity index (χ1n) is 6.71. The van der Waals surface area contributed by atoms with Crippen LogP contribution in [0.2, 0.25) is 0 Å². The highest BCUT2D eigenvalue weighted by molar-refractivity contribution is 9.10. The lowest BCUT2D eigenvalue weighted by atomic mass is 9.97. The molecule has 100 valence electrons. The van der Waals surface area contributed by atoms with Crippen LogP contribution in [0.5, 0.6) is 0 Å². The number of benzene rings is 3. The maximum absolute atomic E-state index is 6.34. The first kappa shape index (κ1) is 13.3. The van der Waals surface area contributed by atoms with E-state index in [1.807, 2.05) is 6.07 Å². The van der Waals surface area contributed by atoms with Gasteiger partial charge in [0.15, 0.2) is 0 Å². The number of hydrogen-bond acceptors (Lipinski definition) is 1. The molecule has 0 aliphatic rings.